The Labute approximate surface area is 102 Å². The van der Waals surface area contributed by atoms with Crippen LogP contribution in [0.15, 0.2) is 17.5 Å². The summed E-state index contributed by atoms with van der Waals surface area (Å²) >= 11 is 2.69. The van der Waals surface area contributed by atoms with Gasteiger partial charge in [0.25, 0.3) is 0 Å². The Morgan fingerprint density at radius 2 is 2.31 bits per heavy atom. The van der Waals surface area contributed by atoms with Gasteiger partial charge in [0.2, 0.25) is 5.91 Å². The fourth-order valence-electron chi connectivity index (χ4n) is 1.12. The van der Waals surface area contributed by atoms with E-state index in [2.05, 4.69) is 5.32 Å². The summed E-state index contributed by atoms with van der Waals surface area (Å²) in [6.45, 7) is 1.91. The van der Waals surface area contributed by atoms with Gasteiger partial charge in [0.15, 0.2) is 0 Å². The number of rotatable bonds is 6. The lowest BCUT2D eigenvalue weighted by Crippen LogP contribution is -2.28. The summed E-state index contributed by atoms with van der Waals surface area (Å²) in [6, 6.07) is 3.87. The average Bonchev–Trinajstić information content (AvgIpc) is 2.69. The number of aliphatic carboxylic acids is 1. The molecule has 0 saturated carbocycles. The third-order valence-corrected chi connectivity index (χ3v) is 3.78. The molecule has 6 heteroatoms. The van der Waals surface area contributed by atoms with Gasteiger partial charge in [-0.3, -0.25) is 9.59 Å². The number of carboxylic acid groups (broad SMARTS) is 1. The number of carbonyl (C=O) groups is 2. The van der Waals surface area contributed by atoms with Gasteiger partial charge >= 0.3 is 5.97 Å². The van der Waals surface area contributed by atoms with Gasteiger partial charge in [-0.1, -0.05) is 6.07 Å². The molecule has 2 N–H and O–H groups in total. The van der Waals surface area contributed by atoms with Gasteiger partial charge in [0, 0.05) is 4.88 Å². The van der Waals surface area contributed by atoms with E-state index >= 15 is 0 Å². The van der Waals surface area contributed by atoms with E-state index < -0.39 is 5.97 Å². The molecular weight excluding hydrogens is 246 g/mol. The van der Waals surface area contributed by atoms with Crippen LogP contribution in [0.4, 0.5) is 0 Å². The van der Waals surface area contributed by atoms with Gasteiger partial charge in [-0.15, -0.1) is 23.1 Å². The van der Waals surface area contributed by atoms with Crippen molar-refractivity contribution in [3.63, 3.8) is 0 Å². The summed E-state index contributed by atoms with van der Waals surface area (Å²) in [5.41, 5.74) is 0. The molecule has 0 unspecified atom stereocenters. The van der Waals surface area contributed by atoms with Crippen molar-refractivity contribution in [1.82, 2.24) is 5.32 Å². The number of thiophene rings is 1. The molecular formula is C10H13NO3S2. The van der Waals surface area contributed by atoms with E-state index in [9.17, 15) is 9.59 Å². The number of hydrogen-bond donors (Lipinski definition) is 2. The molecule has 1 rings (SSSR count). The first-order valence-electron chi connectivity index (χ1n) is 4.72. The lowest BCUT2D eigenvalue weighted by atomic mass is 10.3. The van der Waals surface area contributed by atoms with Gasteiger partial charge in [-0.25, -0.2) is 0 Å². The predicted octanol–water partition coefficient (Wildman–Crippen LogP) is 1.74. The van der Waals surface area contributed by atoms with E-state index in [-0.39, 0.29) is 23.5 Å². The Morgan fingerprint density at radius 3 is 2.88 bits per heavy atom. The minimum atomic E-state index is -0.899. The van der Waals surface area contributed by atoms with Gasteiger partial charge in [-0.05, 0) is 18.4 Å². The molecule has 1 aromatic rings. The van der Waals surface area contributed by atoms with E-state index in [4.69, 9.17) is 5.11 Å². The standard InChI is InChI=1S/C10H13NO3S2/c1-7(8-3-2-4-16-8)11-9(12)5-15-6-10(13)14/h2-4,7H,5-6H2,1H3,(H,11,12)(H,13,14)/t7-/m0/s1. The second-order valence-electron chi connectivity index (χ2n) is 3.19. The maximum atomic E-state index is 11.4. The summed E-state index contributed by atoms with van der Waals surface area (Å²) in [5, 5.41) is 13.2. The largest absolute Gasteiger partial charge is 0.481 e. The fraction of sp³-hybridized carbons (Fsp3) is 0.400. The molecule has 0 aliphatic carbocycles. The van der Waals surface area contributed by atoms with Crippen LogP contribution in [0.1, 0.15) is 17.8 Å². The van der Waals surface area contributed by atoms with Crippen molar-refractivity contribution < 1.29 is 14.7 Å². The Balaban J connectivity index is 2.26. The molecule has 4 nitrogen and oxygen atoms in total. The summed E-state index contributed by atoms with van der Waals surface area (Å²) in [7, 11) is 0. The number of carboxylic acids is 1. The summed E-state index contributed by atoms with van der Waals surface area (Å²) < 4.78 is 0. The monoisotopic (exact) mass is 259 g/mol. The van der Waals surface area contributed by atoms with Gasteiger partial charge in [0.1, 0.15) is 0 Å². The van der Waals surface area contributed by atoms with E-state index in [0.29, 0.717) is 0 Å². The highest BCUT2D eigenvalue weighted by molar-refractivity contribution is 8.00. The predicted molar refractivity (Wildman–Crippen MR) is 65.8 cm³/mol. The molecule has 0 bridgehead atoms. The quantitative estimate of drug-likeness (QED) is 0.816. The number of hydrogen-bond acceptors (Lipinski definition) is 4. The van der Waals surface area contributed by atoms with Gasteiger partial charge in [0.05, 0.1) is 17.5 Å². The van der Waals surface area contributed by atoms with Crippen molar-refractivity contribution in [3.05, 3.63) is 22.4 Å². The van der Waals surface area contributed by atoms with Crippen LogP contribution in [-0.4, -0.2) is 28.5 Å². The van der Waals surface area contributed by atoms with Gasteiger partial charge < -0.3 is 10.4 Å². The molecule has 0 saturated heterocycles. The van der Waals surface area contributed by atoms with Crippen molar-refractivity contribution in [3.8, 4) is 0 Å². The molecule has 1 heterocycles. The van der Waals surface area contributed by atoms with Crippen LogP contribution in [0.3, 0.4) is 0 Å². The lowest BCUT2D eigenvalue weighted by molar-refractivity contribution is -0.133. The summed E-state index contributed by atoms with van der Waals surface area (Å²) in [5.74, 6) is -0.890. The molecule has 88 valence electrons. The second kappa shape index (κ2) is 6.55. The molecule has 1 atom stereocenters. The van der Waals surface area contributed by atoms with Crippen LogP contribution >= 0.6 is 23.1 Å². The van der Waals surface area contributed by atoms with E-state index in [0.717, 1.165) is 16.6 Å². The summed E-state index contributed by atoms with van der Waals surface area (Å²) in [6.07, 6.45) is 0. The van der Waals surface area contributed by atoms with Gasteiger partial charge in [-0.2, -0.15) is 0 Å². The van der Waals surface area contributed by atoms with E-state index in [1.165, 1.54) is 0 Å². The molecule has 0 aromatic carbocycles. The topological polar surface area (TPSA) is 66.4 Å². The maximum absolute atomic E-state index is 11.4. The Hall–Kier alpha value is -1.01. The molecule has 0 fully saturated rings. The molecule has 0 aliphatic rings. The summed E-state index contributed by atoms with van der Waals surface area (Å²) in [4.78, 5) is 22.7. The highest BCUT2D eigenvalue weighted by Crippen LogP contribution is 2.18. The Morgan fingerprint density at radius 1 is 1.56 bits per heavy atom. The van der Waals surface area contributed by atoms with Crippen LogP contribution in [0.5, 0.6) is 0 Å². The molecule has 0 spiro atoms. The number of carbonyl (C=O) groups excluding carboxylic acids is 1. The zero-order valence-corrected chi connectivity index (χ0v) is 10.4. The van der Waals surface area contributed by atoms with E-state index in [1.807, 2.05) is 24.4 Å². The van der Waals surface area contributed by atoms with Crippen molar-refractivity contribution >= 4 is 35.0 Å². The van der Waals surface area contributed by atoms with Crippen LogP contribution in [0, 0.1) is 0 Å². The highest BCUT2D eigenvalue weighted by Gasteiger charge is 2.10. The van der Waals surface area contributed by atoms with Crippen molar-refractivity contribution in [2.24, 2.45) is 0 Å². The number of nitrogens with one attached hydrogen (secondary N) is 1. The average molecular weight is 259 g/mol. The van der Waals surface area contributed by atoms with Crippen molar-refractivity contribution in [2.75, 3.05) is 11.5 Å². The van der Waals surface area contributed by atoms with Crippen LogP contribution < -0.4 is 5.32 Å². The Kier molecular flexibility index (Phi) is 5.34. The van der Waals surface area contributed by atoms with E-state index in [1.54, 1.807) is 11.3 Å². The molecule has 16 heavy (non-hydrogen) atoms. The maximum Gasteiger partial charge on any atom is 0.313 e. The number of amides is 1. The second-order valence-corrected chi connectivity index (χ2v) is 5.16. The molecule has 1 aromatic heterocycles. The van der Waals surface area contributed by atoms with Crippen LogP contribution in [-0.2, 0) is 9.59 Å². The van der Waals surface area contributed by atoms with Crippen molar-refractivity contribution in [1.29, 1.82) is 0 Å². The molecule has 0 aliphatic heterocycles. The molecule has 0 radical (unpaired) electrons. The zero-order valence-electron chi connectivity index (χ0n) is 8.80. The minimum Gasteiger partial charge on any atom is -0.481 e. The third kappa shape index (κ3) is 4.67. The smallest absolute Gasteiger partial charge is 0.313 e. The first-order valence-corrected chi connectivity index (χ1v) is 6.75. The normalized spacial score (nSPS) is 12.1. The minimum absolute atomic E-state index is 0.0158. The lowest BCUT2D eigenvalue weighted by Gasteiger charge is -2.11. The van der Waals surface area contributed by atoms with Crippen LogP contribution in [0.25, 0.3) is 0 Å². The van der Waals surface area contributed by atoms with Crippen LogP contribution in [0.2, 0.25) is 0 Å². The first-order chi connectivity index (χ1) is 7.59. The third-order valence-electron chi connectivity index (χ3n) is 1.81. The first kappa shape index (κ1) is 13.1. The SMILES string of the molecule is C[C@H](NC(=O)CSCC(=O)O)c1cccs1. The Bertz CT molecular complexity index is 351. The highest BCUT2D eigenvalue weighted by atomic mass is 32.2. The zero-order chi connectivity index (χ0) is 12.0. The van der Waals surface area contributed by atoms with Crippen molar-refractivity contribution in [2.45, 2.75) is 13.0 Å². The fourth-order valence-corrected chi connectivity index (χ4v) is 2.40. The number of thioether (sulfide) groups is 1. The molecule has 1 amide bonds.